The van der Waals surface area contributed by atoms with Crippen LogP contribution >= 0.6 is 23.5 Å². The predicted molar refractivity (Wildman–Crippen MR) is 106 cm³/mol. The van der Waals surface area contributed by atoms with E-state index >= 15 is 0 Å². The summed E-state index contributed by atoms with van der Waals surface area (Å²) in [4.78, 5) is 13.4. The van der Waals surface area contributed by atoms with Crippen LogP contribution in [0.15, 0.2) is 52.5 Å². The van der Waals surface area contributed by atoms with E-state index in [-0.39, 0.29) is 11.5 Å². The first-order valence-electron chi connectivity index (χ1n) is 8.44. The molecule has 27 heavy (non-hydrogen) atoms. The molecule has 1 amide bonds. The Hall–Kier alpha value is -1.93. The van der Waals surface area contributed by atoms with Crippen molar-refractivity contribution in [3.63, 3.8) is 0 Å². The van der Waals surface area contributed by atoms with Crippen molar-refractivity contribution in [3.8, 4) is 0 Å². The molecule has 1 aliphatic rings. The average molecular weight is 408 g/mol. The summed E-state index contributed by atoms with van der Waals surface area (Å²) >= 11 is 7.49. The number of ether oxygens (including phenoxy) is 1. The van der Waals surface area contributed by atoms with Crippen molar-refractivity contribution in [2.24, 2.45) is 5.10 Å². The van der Waals surface area contributed by atoms with E-state index in [0.29, 0.717) is 29.5 Å². The minimum absolute atomic E-state index is 0.249. The lowest BCUT2D eigenvalue weighted by Gasteiger charge is -2.25. The van der Waals surface area contributed by atoms with Crippen LogP contribution in [-0.2, 0) is 4.74 Å². The smallest absolute Gasteiger partial charge is 0.271 e. The molecule has 0 bridgehead atoms. The monoisotopic (exact) mass is 407 g/mol. The highest BCUT2D eigenvalue weighted by Gasteiger charge is 2.13. The number of halogens is 2. The summed E-state index contributed by atoms with van der Waals surface area (Å²) < 4.78 is 21.4. The quantitative estimate of drug-likeness (QED) is 0.463. The summed E-state index contributed by atoms with van der Waals surface area (Å²) in [5, 5.41) is 4.41. The lowest BCUT2D eigenvalue weighted by Crippen LogP contribution is -2.30. The summed E-state index contributed by atoms with van der Waals surface area (Å²) in [7, 11) is 0. The molecule has 0 aromatic heterocycles. The van der Waals surface area contributed by atoms with Gasteiger partial charge in [0.2, 0.25) is 0 Å². The molecule has 1 N–H and O–H groups in total. The Morgan fingerprint density at radius 2 is 2.04 bits per heavy atom. The van der Waals surface area contributed by atoms with E-state index in [2.05, 4.69) is 14.8 Å². The SMILES string of the molecule is C/C(=N\NC(=O)c1cccc(SN2CCOCC2)c1)c1cc(Cl)ccc1F. The van der Waals surface area contributed by atoms with E-state index in [0.717, 1.165) is 18.0 Å². The van der Waals surface area contributed by atoms with Gasteiger partial charge in [0, 0.05) is 34.1 Å². The summed E-state index contributed by atoms with van der Waals surface area (Å²) in [5.41, 5.74) is 3.54. The summed E-state index contributed by atoms with van der Waals surface area (Å²) in [5.74, 6) is -0.806. The van der Waals surface area contributed by atoms with E-state index in [1.54, 1.807) is 31.0 Å². The number of amides is 1. The molecule has 1 saturated heterocycles. The summed E-state index contributed by atoms with van der Waals surface area (Å²) in [6.45, 7) is 4.72. The van der Waals surface area contributed by atoms with Crippen molar-refractivity contribution < 1.29 is 13.9 Å². The number of hydrogen-bond acceptors (Lipinski definition) is 5. The normalized spacial score (nSPS) is 15.6. The van der Waals surface area contributed by atoms with Crippen molar-refractivity contribution in [1.82, 2.24) is 9.73 Å². The second-order valence-corrected chi connectivity index (χ2v) is 7.53. The van der Waals surface area contributed by atoms with Gasteiger partial charge in [0.05, 0.1) is 18.9 Å². The van der Waals surface area contributed by atoms with Crippen LogP contribution in [0, 0.1) is 5.82 Å². The molecule has 1 aliphatic heterocycles. The predicted octanol–water partition coefficient (Wildman–Crippen LogP) is 3.97. The summed E-state index contributed by atoms with van der Waals surface area (Å²) in [6, 6.07) is 11.5. The Morgan fingerprint density at radius 1 is 1.26 bits per heavy atom. The third-order valence-corrected chi connectivity index (χ3v) is 5.27. The molecule has 3 rings (SSSR count). The van der Waals surface area contributed by atoms with Crippen LogP contribution in [0.4, 0.5) is 4.39 Å². The second kappa shape index (κ2) is 9.32. The molecule has 0 atom stereocenters. The largest absolute Gasteiger partial charge is 0.379 e. The molecule has 2 aromatic rings. The van der Waals surface area contributed by atoms with Gasteiger partial charge in [-0.1, -0.05) is 17.7 Å². The number of hydrazone groups is 1. The number of nitrogens with one attached hydrogen (secondary N) is 1. The van der Waals surface area contributed by atoms with Crippen LogP contribution in [0.25, 0.3) is 0 Å². The number of rotatable bonds is 5. The van der Waals surface area contributed by atoms with Crippen molar-refractivity contribution in [2.45, 2.75) is 11.8 Å². The summed E-state index contributed by atoms with van der Waals surface area (Å²) in [6.07, 6.45) is 0. The molecule has 1 fully saturated rings. The molecule has 1 heterocycles. The van der Waals surface area contributed by atoms with E-state index in [1.807, 2.05) is 12.1 Å². The van der Waals surface area contributed by atoms with Gasteiger partial charge in [0.1, 0.15) is 5.82 Å². The molecule has 142 valence electrons. The van der Waals surface area contributed by atoms with E-state index in [4.69, 9.17) is 16.3 Å². The van der Waals surface area contributed by atoms with Crippen molar-refractivity contribution in [1.29, 1.82) is 0 Å². The standard InChI is InChI=1S/C19H19ClFN3O2S/c1-13(17-12-15(20)5-6-18(17)21)22-23-19(25)14-3-2-4-16(11-14)27-24-7-9-26-10-8-24/h2-6,11-12H,7-10H2,1H3,(H,23,25)/b22-13+. The highest BCUT2D eigenvalue weighted by atomic mass is 35.5. The molecule has 0 radical (unpaired) electrons. The molecule has 2 aromatic carbocycles. The highest BCUT2D eigenvalue weighted by molar-refractivity contribution is 7.97. The third-order valence-electron chi connectivity index (χ3n) is 3.94. The first-order chi connectivity index (χ1) is 13.0. The maximum atomic E-state index is 13.9. The van der Waals surface area contributed by atoms with E-state index in [1.165, 1.54) is 18.2 Å². The third kappa shape index (κ3) is 5.52. The van der Waals surface area contributed by atoms with Crippen molar-refractivity contribution >= 4 is 35.2 Å². The van der Waals surface area contributed by atoms with Gasteiger partial charge in [0.15, 0.2) is 0 Å². The average Bonchev–Trinajstić information content (AvgIpc) is 2.68. The zero-order chi connectivity index (χ0) is 19.2. The molecular weight excluding hydrogens is 389 g/mol. The van der Waals surface area contributed by atoms with Gasteiger partial charge in [-0.15, -0.1) is 0 Å². The molecule has 0 saturated carbocycles. The van der Waals surface area contributed by atoms with Crippen LogP contribution in [0.2, 0.25) is 5.02 Å². The van der Waals surface area contributed by atoms with Gasteiger partial charge in [-0.05, 0) is 55.3 Å². The Morgan fingerprint density at radius 3 is 2.81 bits per heavy atom. The van der Waals surface area contributed by atoms with Crippen LogP contribution in [0.5, 0.6) is 0 Å². The second-order valence-electron chi connectivity index (χ2n) is 5.92. The van der Waals surface area contributed by atoms with Crippen molar-refractivity contribution in [3.05, 3.63) is 64.4 Å². The minimum Gasteiger partial charge on any atom is -0.379 e. The number of benzene rings is 2. The molecule has 0 unspecified atom stereocenters. The van der Waals surface area contributed by atoms with Gasteiger partial charge in [-0.25, -0.2) is 14.1 Å². The highest BCUT2D eigenvalue weighted by Crippen LogP contribution is 2.24. The molecule has 0 spiro atoms. The lowest BCUT2D eigenvalue weighted by atomic mass is 10.1. The number of nitrogens with zero attached hydrogens (tertiary/aromatic N) is 2. The van der Waals surface area contributed by atoms with Gasteiger partial charge in [-0.3, -0.25) is 4.79 Å². The maximum Gasteiger partial charge on any atom is 0.271 e. The Kier molecular flexibility index (Phi) is 6.84. The number of carbonyl (C=O) groups excluding carboxylic acids is 1. The van der Waals surface area contributed by atoms with Crippen LogP contribution < -0.4 is 5.43 Å². The Bertz CT molecular complexity index is 857. The Labute approximate surface area is 166 Å². The van der Waals surface area contributed by atoms with Crippen LogP contribution in [0.3, 0.4) is 0 Å². The molecule has 0 aliphatic carbocycles. The fourth-order valence-corrected chi connectivity index (χ4v) is 3.64. The van der Waals surface area contributed by atoms with Gasteiger partial charge < -0.3 is 4.74 Å². The molecular formula is C19H19ClFN3O2S. The maximum absolute atomic E-state index is 13.9. The molecule has 5 nitrogen and oxygen atoms in total. The van der Waals surface area contributed by atoms with Gasteiger partial charge >= 0.3 is 0 Å². The van der Waals surface area contributed by atoms with Gasteiger partial charge in [-0.2, -0.15) is 5.10 Å². The lowest BCUT2D eigenvalue weighted by molar-refractivity contribution is 0.0773. The first-order valence-corrected chi connectivity index (χ1v) is 9.59. The van der Waals surface area contributed by atoms with E-state index < -0.39 is 5.82 Å². The fraction of sp³-hybridized carbons (Fsp3) is 0.263. The Balaban J connectivity index is 1.67. The fourth-order valence-electron chi connectivity index (χ4n) is 2.52. The number of carbonyl (C=O) groups is 1. The van der Waals surface area contributed by atoms with Crippen molar-refractivity contribution in [2.75, 3.05) is 26.3 Å². The number of morpholine rings is 1. The zero-order valence-corrected chi connectivity index (χ0v) is 16.3. The topological polar surface area (TPSA) is 53.9 Å². The number of hydrogen-bond donors (Lipinski definition) is 1. The zero-order valence-electron chi connectivity index (χ0n) is 14.7. The van der Waals surface area contributed by atoms with Crippen LogP contribution in [-0.4, -0.2) is 42.2 Å². The van der Waals surface area contributed by atoms with E-state index in [9.17, 15) is 9.18 Å². The molecule has 8 heteroatoms. The van der Waals surface area contributed by atoms with Crippen LogP contribution in [0.1, 0.15) is 22.8 Å². The van der Waals surface area contributed by atoms with Gasteiger partial charge in [0.25, 0.3) is 5.91 Å². The minimum atomic E-state index is -0.446. The first kappa shape index (κ1) is 19.8.